The minimum Gasteiger partial charge on any atom is -0.296 e. The van der Waals surface area contributed by atoms with Crippen LogP contribution in [0.1, 0.15) is 28.5 Å². The number of aromatic nitrogens is 2. The van der Waals surface area contributed by atoms with Crippen molar-refractivity contribution in [1.82, 2.24) is 10.2 Å². The summed E-state index contributed by atoms with van der Waals surface area (Å²) >= 11 is 2.15. The molecule has 0 bridgehead atoms. The summed E-state index contributed by atoms with van der Waals surface area (Å²) in [7, 11) is 0. The van der Waals surface area contributed by atoms with E-state index in [4.69, 9.17) is 0 Å². The maximum absolute atomic E-state index is 11.9. The monoisotopic (exact) mass is 312 g/mol. The highest BCUT2D eigenvalue weighted by Gasteiger charge is 2.16. The molecule has 0 aliphatic rings. The first-order valence-electron chi connectivity index (χ1n) is 5.83. The molecular formula is C11H12N4O3S2. The summed E-state index contributed by atoms with van der Waals surface area (Å²) in [5.74, 6) is 0.0572. The molecule has 0 unspecified atom stereocenters. The molecule has 0 aliphatic heterocycles. The van der Waals surface area contributed by atoms with Crippen LogP contribution in [0.15, 0.2) is 12.1 Å². The van der Waals surface area contributed by atoms with Gasteiger partial charge in [-0.05, 0) is 12.0 Å². The Morgan fingerprint density at radius 2 is 2.15 bits per heavy atom. The number of nitro groups is 1. The summed E-state index contributed by atoms with van der Waals surface area (Å²) in [5.41, 5.74) is 0. The topological polar surface area (TPSA) is 98.0 Å². The van der Waals surface area contributed by atoms with Gasteiger partial charge in [0.1, 0.15) is 5.01 Å². The minimum absolute atomic E-state index is 0.0621. The second-order valence-corrected chi connectivity index (χ2v) is 6.57. The second-order valence-electron chi connectivity index (χ2n) is 4.45. The van der Waals surface area contributed by atoms with Crippen molar-refractivity contribution in [3.63, 3.8) is 0 Å². The van der Waals surface area contributed by atoms with Crippen molar-refractivity contribution in [3.8, 4) is 0 Å². The maximum Gasteiger partial charge on any atom is 0.324 e. The summed E-state index contributed by atoms with van der Waals surface area (Å²) in [4.78, 5) is 22.2. The lowest BCUT2D eigenvalue weighted by molar-refractivity contribution is -0.380. The van der Waals surface area contributed by atoms with Gasteiger partial charge in [-0.3, -0.25) is 20.2 Å². The summed E-state index contributed by atoms with van der Waals surface area (Å²) in [6.45, 7) is 4.15. The Kier molecular flexibility index (Phi) is 4.40. The van der Waals surface area contributed by atoms with E-state index in [1.165, 1.54) is 23.5 Å². The fraction of sp³-hybridized carbons (Fsp3) is 0.364. The molecule has 9 heteroatoms. The van der Waals surface area contributed by atoms with Crippen LogP contribution in [0.25, 0.3) is 0 Å². The molecule has 0 aromatic carbocycles. The summed E-state index contributed by atoms with van der Waals surface area (Å²) in [6, 6.07) is 2.73. The van der Waals surface area contributed by atoms with Crippen LogP contribution in [-0.4, -0.2) is 21.0 Å². The molecule has 106 valence electrons. The van der Waals surface area contributed by atoms with Crippen LogP contribution in [0, 0.1) is 16.0 Å². The molecule has 2 heterocycles. The third kappa shape index (κ3) is 3.58. The van der Waals surface area contributed by atoms with Crippen LogP contribution in [-0.2, 0) is 6.42 Å². The van der Waals surface area contributed by atoms with E-state index in [-0.39, 0.29) is 9.88 Å². The smallest absolute Gasteiger partial charge is 0.296 e. The van der Waals surface area contributed by atoms with Gasteiger partial charge in [-0.2, -0.15) is 0 Å². The third-order valence-electron chi connectivity index (χ3n) is 2.27. The number of carbonyl (C=O) groups is 1. The van der Waals surface area contributed by atoms with Crippen LogP contribution in [0.3, 0.4) is 0 Å². The van der Waals surface area contributed by atoms with E-state index in [0.29, 0.717) is 11.0 Å². The molecule has 0 aliphatic carbocycles. The zero-order valence-corrected chi connectivity index (χ0v) is 12.5. The first-order valence-corrected chi connectivity index (χ1v) is 7.47. The molecule has 20 heavy (non-hydrogen) atoms. The van der Waals surface area contributed by atoms with Gasteiger partial charge < -0.3 is 0 Å². The largest absolute Gasteiger partial charge is 0.324 e. The molecule has 1 amide bonds. The number of nitrogens with one attached hydrogen (secondary N) is 1. The second kappa shape index (κ2) is 6.06. The minimum atomic E-state index is -0.521. The molecular weight excluding hydrogens is 300 g/mol. The Hall–Kier alpha value is -1.87. The van der Waals surface area contributed by atoms with E-state index < -0.39 is 10.8 Å². The van der Waals surface area contributed by atoms with E-state index in [0.717, 1.165) is 22.8 Å². The van der Waals surface area contributed by atoms with Gasteiger partial charge >= 0.3 is 5.00 Å². The Labute approximate surface area is 122 Å². The Morgan fingerprint density at radius 3 is 2.75 bits per heavy atom. The molecule has 7 nitrogen and oxygen atoms in total. The number of carbonyl (C=O) groups excluding carboxylic acids is 1. The highest BCUT2D eigenvalue weighted by molar-refractivity contribution is 7.17. The van der Waals surface area contributed by atoms with E-state index in [1.807, 2.05) is 0 Å². The van der Waals surface area contributed by atoms with Gasteiger partial charge in [0, 0.05) is 12.5 Å². The molecule has 0 fully saturated rings. The van der Waals surface area contributed by atoms with Crippen molar-refractivity contribution in [2.24, 2.45) is 5.92 Å². The number of amides is 1. The van der Waals surface area contributed by atoms with Gasteiger partial charge in [-0.1, -0.05) is 36.5 Å². The number of thiophene rings is 1. The van der Waals surface area contributed by atoms with Crippen LogP contribution in [0.4, 0.5) is 10.1 Å². The SMILES string of the molecule is CC(C)Cc1nnc(NC(=O)c2ccc([N+](=O)[O-])s2)s1. The summed E-state index contributed by atoms with van der Waals surface area (Å²) < 4.78 is 0. The average Bonchev–Trinajstić information content (AvgIpc) is 2.97. The number of hydrogen-bond acceptors (Lipinski definition) is 7. The first-order chi connectivity index (χ1) is 9.45. The van der Waals surface area contributed by atoms with E-state index in [9.17, 15) is 14.9 Å². The van der Waals surface area contributed by atoms with Crippen LogP contribution >= 0.6 is 22.7 Å². The zero-order chi connectivity index (χ0) is 14.7. The Morgan fingerprint density at radius 1 is 1.40 bits per heavy atom. The maximum atomic E-state index is 11.9. The number of nitrogens with zero attached hydrogens (tertiary/aromatic N) is 3. The van der Waals surface area contributed by atoms with Crippen molar-refractivity contribution in [1.29, 1.82) is 0 Å². The van der Waals surface area contributed by atoms with Crippen molar-refractivity contribution in [2.45, 2.75) is 20.3 Å². The van der Waals surface area contributed by atoms with Crippen molar-refractivity contribution in [3.05, 3.63) is 32.1 Å². The molecule has 2 rings (SSSR count). The molecule has 0 atom stereocenters. The number of hydrogen-bond donors (Lipinski definition) is 1. The Bertz CT molecular complexity index is 635. The van der Waals surface area contributed by atoms with Crippen LogP contribution < -0.4 is 5.32 Å². The summed E-state index contributed by atoms with van der Waals surface area (Å²) in [5, 5.41) is 22.2. The molecule has 0 saturated carbocycles. The van der Waals surface area contributed by atoms with E-state index >= 15 is 0 Å². The highest BCUT2D eigenvalue weighted by atomic mass is 32.1. The van der Waals surface area contributed by atoms with E-state index in [1.54, 1.807) is 0 Å². The molecule has 1 N–H and O–H groups in total. The van der Waals surface area contributed by atoms with Gasteiger partial charge in [-0.25, -0.2) is 0 Å². The average molecular weight is 312 g/mol. The fourth-order valence-electron chi connectivity index (χ4n) is 1.44. The lowest BCUT2D eigenvalue weighted by Gasteiger charge is -1.98. The molecule has 0 radical (unpaired) electrons. The zero-order valence-electron chi connectivity index (χ0n) is 10.8. The predicted molar refractivity (Wildman–Crippen MR) is 77.4 cm³/mol. The summed E-state index contributed by atoms with van der Waals surface area (Å²) in [6.07, 6.45) is 0.804. The molecule has 2 aromatic rings. The van der Waals surface area contributed by atoms with Gasteiger partial charge in [0.2, 0.25) is 5.13 Å². The Balaban J connectivity index is 2.03. The number of rotatable bonds is 5. The normalized spacial score (nSPS) is 10.8. The lowest BCUT2D eigenvalue weighted by Crippen LogP contribution is -2.09. The van der Waals surface area contributed by atoms with Gasteiger partial charge in [0.05, 0.1) is 9.80 Å². The molecule has 0 spiro atoms. The van der Waals surface area contributed by atoms with Crippen LogP contribution in [0.5, 0.6) is 0 Å². The fourth-order valence-corrected chi connectivity index (χ4v) is 3.11. The standard InChI is InChI=1S/C11H12N4O3S2/c1-6(2)5-8-13-14-11(20-8)12-10(16)7-3-4-9(19-7)15(17)18/h3-4,6H,5H2,1-2H3,(H,12,14,16). The van der Waals surface area contributed by atoms with Gasteiger partial charge in [-0.15, -0.1) is 10.2 Å². The van der Waals surface area contributed by atoms with Crippen molar-refractivity contribution in [2.75, 3.05) is 5.32 Å². The van der Waals surface area contributed by atoms with Crippen LogP contribution in [0.2, 0.25) is 0 Å². The van der Waals surface area contributed by atoms with Crippen molar-refractivity contribution < 1.29 is 9.72 Å². The number of anilines is 1. The quantitative estimate of drug-likeness (QED) is 0.676. The predicted octanol–water partition coefficient (Wildman–Crippen LogP) is 2.96. The van der Waals surface area contributed by atoms with Gasteiger partial charge in [0.15, 0.2) is 0 Å². The highest BCUT2D eigenvalue weighted by Crippen LogP contribution is 2.25. The van der Waals surface area contributed by atoms with Gasteiger partial charge in [0.25, 0.3) is 5.91 Å². The molecule has 2 aromatic heterocycles. The van der Waals surface area contributed by atoms with Crippen molar-refractivity contribution >= 4 is 38.7 Å². The van der Waals surface area contributed by atoms with E-state index in [2.05, 4.69) is 29.4 Å². The first kappa shape index (κ1) is 14.5. The lowest BCUT2D eigenvalue weighted by atomic mass is 10.1. The third-order valence-corrected chi connectivity index (χ3v) is 4.16. The molecule has 0 saturated heterocycles.